The second-order valence-corrected chi connectivity index (χ2v) is 7.95. The van der Waals surface area contributed by atoms with Gasteiger partial charge in [-0.1, -0.05) is 0 Å². The molecule has 0 saturated carbocycles. The van der Waals surface area contributed by atoms with Crippen molar-refractivity contribution in [3.63, 3.8) is 0 Å². The Hall–Kier alpha value is -0.620. The highest BCUT2D eigenvalue weighted by Gasteiger charge is 2.15. The van der Waals surface area contributed by atoms with Crippen molar-refractivity contribution in [2.24, 2.45) is 0 Å². The summed E-state index contributed by atoms with van der Waals surface area (Å²) < 4.78 is 36.8. The third-order valence-electron chi connectivity index (χ3n) is 2.69. The van der Waals surface area contributed by atoms with E-state index in [1.807, 2.05) is 0 Å². The summed E-state index contributed by atoms with van der Waals surface area (Å²) in [5.74, 6) is -0.258. The molecule has 18 heavy (non-hydrogen) atoms. The number of halogens is 2. The number of hydrogen-bond donors (Lipinski definition) is 1. The van der Waals surface area contributed by atoms with E-state index in [2.05, 4.69) is 21.2 Å². The van der Waals surface area contributed by atoms with Crippen LogP contribution in [0.1, 0.15) is 19.4 Å². The van der Waals surface area contributed by atoms with E-state index in [4.69, 9.17) is 0 Å². The summed E-state index contributed by atoms with van der Waals surface area (Å²) in [6.07, 6.45) is 0. The van der Waals surface area contributed by atoms with Crippen LogP contribution in [0.2, 0.25) is 0 Å². The molecule has 0 heterocycles. The summed E-state index contributed by atoms with van der Waals surface area (Å²) in [4.78, 5) is 0. The summed E-state index contributed by atoms with van der Waals surface area (Å²) in [6.45, 7) is 5.42. The van der Waals surface area contributed by atoms with Crippen LogP contribution in [0.5, 0.6) is 0 Å². The van der Waals surface area contributed by atoms with Crippen LogP contribution in [0.25, 0.3) is 0 Å². The Balaban J connectivity index is 2.68. The van der Waals surface area contributed by atoms with Gasteiger partial charge in [-0.15, -0.1) is 0 Å². The summed E-state index contributed by atoms with van der Waals surface area (Å²) in [5, 5.41) is 2.64. The van der Waals surface area contributed by atoms with Gasteiger partial charge in [0.15, 0.2) is 9.84 Å². The van der Waals surface area contributed by atoms with Crippen LogP contribution >= 0.6 is 15.9 Å². The maximum absolute atomic E-state index is 13.2. The molecule has 1 aromatic rings. The van der Waals surface area contributed by atoms with Gasteiger partial charge in [0.25, 0.3) is 0 Å². The number of benzene rings is 1. The Labute approximate surface area is 116 Å². The van der Waals surface area contributed by atoms with Crippen LogP contribution in [-0.2, 0) is 9.84 Å². The van der Waals surface area contributed by atoms with Crippen molar-refractivity contribution in [1.82, 2.24) is 0 Å². The van der Waals surface area contributed by atoms with Gasteiger partial charge >= 0.3 is 0 Å². The van der Waals surface area contributed by atoms with Crippen LogP contribution in [0.15, 0.2) is 16.6 Å². The SMILES string of the molecule is Cc1cc(F)c(Br)cc1NCCS(=O)(=O)C(C)C. The quantitative estimate of drug-likeness (QED) is 0.897. The van der Waals surface area contributed by atoms with Gasteiger partial charge in [0, 0.05) is 12.2 Å². The summed E-state index contributed by atoms with van der Waals surface area (Å²) in [6, 6.07) is 3.02. The molecule has 0 fully saturated rings. The van der Waals surface area contributed by atoms with Gasteiger partial charge < -0.3 is 5.32 Å². The number of sulfone groups is 1. The lowest BCUT2D eigenvalue weighted by Gasteiger charge is -2.12. The van der Waals surface area contributed by atoms with E-state index in [1.165, 1.54) is 6.07 Å². The van der Waals surface area contributed by atoms with Crippen molar-refractivity contribution in [3.05, 3.63) is 28.0 Å². The molecule has 0 unspecified atom stereocenters. The molecule has 0 spiro atoms. The minimum absolute atomic E-state index is 0.0686. The zero-order valence-corrected chi connectivity index (χ0v) is 13.0. The van der Waals surface area contributed by atoms with Crippen molar-refractivity contribution >= 4 is 31.5 Å². The second kappa shape index (κ2) is 6.02. The van der Waals surface area contributed by atoms with Gasteiger partial charge in [0.2, 0.25) is 0 Å². The van der Waals surface area contributed by atoms with E-state index < -0.39 is 9.84 Å². The fraction of sp³-hybridized carbons (Fsp3) is 0.500. The van der Waals surface area contributed by atoms with Crippen molar-refractivity contribution in [2.75, 3.05) is 17.6 Å². The number of hydrogen-bond acceptors (Lipinski definition) is 3. The second-order valence-electron chi connectivity index (χ2n) is 4.42. The van der Waals surface area contributed by atoms with E-state index in [-0.39, 0.29) is 16.8 Å². The minimum Gasteiger partial charge on any atom is -0.384 e. The summed E-state index contributed by atoms with van der Waals surface area (Å²) in [5.41, 5.74) is 1.49. The van der Waals surface area contributed by atoms with Crippen molar-refractivity contribution in [3.8, 4) is 0 Å². The maximum atomic E-state index is 13.2. The van der Waals surface area contributed by atoms with Gasteiger partial charge in [0.05, 0.1) is 15.5 Å². The Kier molecular flexibility index (Phi) is 5.16. The largest absolute Gasteiger partial charge is 0.384 e. The minimum atomic E-state index is -3.05. The molecule has 1 N–H and O–H groups in total. The van der Waals surface area contributed by atoms with Gasteiger partial charge in [0.1, 0.15) is 5.82 Å². The number of nitrogens with one attached hydrogen (secondary N) is 1. The Morgan fingerprint density at radius 3 is 2.56 bits per heavy atom. The predicted molar refractivity (Wildman–Crippen MR) is 76.2 cm³/mol. The summed E-state index contributed by atoms with van der Waals surface area (Å²) in [7, 11) is -3.05. The molecule has 0 aliphatic heterocycles. The van der Waals surface area contributed by atoms with E-state index in [0.29, 0.717) is 11.0 Å². The molecule has 0 amide bonds. The monoisotopic (exact) mass is 337 g/mol. The third kappa shape index (κ3) is 3.95. The fourth-order valence-corrected chi connectivity index (χ4v) is 2.60. The van der Waals surface area contributed by atoms with E-state index in [0.717, 1.165) is 11.3 Å². The molecule has 0 aliphatic carbocycles. The Bertz CT molecular complexity index is 529. The third-order valence-corrected chi connectivity index (χ3v) is 5.50. The fourth-order valence-electron chi connectivity index (χ4n) is 1.40. The first-order valence-electron chi connectivity index (χ1n) is 5.65. The van der Waals surface area contributed by atoms with Crippen molar-refractivity contribution in [2.45, 2.75) is 26.0 Å². The molecule has 3 nitrogen and oxygen atoms in total. The van der Waals surface area contributed by atoms with Crippen LogP contribution in [0.3, 0.4) is 0 Å². The average molecular weight is 338 g/mol. The maximum Gasteiger partial charge on any atom is 0.154 e. The highest BCUT2D eigenvalue weighted by molar-refractivity contribution is 9.10. The van der Waals surface area contributed by atoms with Crippen molar-refractivity contribution in [1.29, 1.82) is 0 Å². The smallest absolute Gasteiger partial charge is 0.154 e. The highest BCUT2D eigenvalue weighted by atomic mass is 79.9. The summed E-state index contributed by atoms with van der Waals surface area (Å²) >= 11 is 3.10. The van der Waals surface area contributed by atoms with Crippen LogP contribution < -0.4 is 5.32 Å². The molecular formula is C12H17BrFNO2S. The molecule has 102 valence electrons. The van der Waals surface area contributed by atoms with E-state index in [1.54, 1.807) is 26.8 Å². The van der Waals surface area contributed by atoms with Gasteiger partial charge in [-0.2, -0.15) is 0 Å². The molecule has 1 rings (SSSR count). The highest BCUT2D eigenvalue weighted by Crippen LogP contribution is 2.24. The molecule has 0 aromatic heterocycles. The lowest BCUT2D eigenvalue weighted by Crippen LogP contribution is -2.23. The molecule has 6 heteroatoms. The topological polar surface area (TPSA) is 46.2 Å². The first-order valence-corrected chi connectivity index (χ1v) is 8.16. The first kappa shape index (κ1) is 15.4. The molecule has 0 aliphatic rings. The molecule has 0 atom stereocenters. The van der Waals surface area contributed by atoms with E-state index in [9.17, 15) is 12.8 Å². The lowest BCUT2D eigenvalue weighted by molar-refractivity contribution is 0.587. The number of aryl methyl sites for hydroxylation is 1. The number of rotatable bonds is 5. The molecule has 0 bridgehead atoms. The number of anilines is 1. The normalized spacial score (nSPS) is 11.9. The molecule has 1 aromatic carbocycles. The van der Waals surface area contributed by atoms with Gasteiger partial charge in [-0.3, -0.25) is 0 Å². The molecular weight excluding hydrogens is 321 g/mol. The van der Waals surface area contributed by atoms with Gasteiger partial charge in [-0.25, -0.2) is 12.8 Å². The Morgan fingerprint density at radius 1 is 1.39 bits per heavy atom. The molecule has 0 radical (unpaired) electrons. The predicted octanol–water partition coefficient (Wildman–Crippen LogP) is 3.13. The zero-order valence-electron chi connectivity index (χ0n) is 10.6. The standard InChI is InChI=1S/C12H17BrFNO2S/c1-8(2)18(16,17)5-4-15-12-7-10(13)11(14)6-9(12)3/h6-8,15H,4-5H2,1-3H3. The van der Waals surface area contributed by atoms with Crippen molar-refractivity contribution < 1.29 is 12.8 Å². The lowest BCUT2D eigenvalue weighted by atomic mass is 10.2. The first-order chi connectivity index (χ1) is 8.24. The van der Waals surface area contributed by atoms with E-state index >= 15 is 0 Å². The van der Waals surface area contributed by atoms with Gasteiger partial charge in [-0.05, 0) is 54.4 Å². The van der Waals surface area contributed by atoms with Crippen LogP contribution in [-0.4, -0.2) is 26.0 Å². The Morgan fingerprint density at radius 2 is 2.00 bits per heavy atom. The average Bonchev–Trinajstić information content (AvgIpc) is 2.25. The van der Waals surface area contributed by atoms with Crippen LogP contribution in [0.4, 0.5) is 10.1 Å². The van der Waals surface area contributed by atoms with Crippen LogP contribution in [0, 0.1) is 12.7 Å². The zero-order chi connectivity index (χ0) is 13.9. The molecule has 0 saturated heterocycles.